The van der Waals surface area contributed by atoms with Crippen LogP contribution in [0.25, 0.3) is 10.5 Å². The summed E-state index contributed by atoms with van der Waals surface area (Å²) in [5, 5.41) is 0. The van der Waals surface area contributed by atoms with Crippen molar-refractivity contribution >= 4 is 5.69 Å². The van der Waals surface area contributed by atoms with Crippen molar-refractivity contribution in [2.75, 3.05) is 0 Å². The minimum absolute atomic E-state index is 0.656. The summed E-state index contributed by atoms with van der Waals surface area (Å²) in [5.41, 5.74) is 1.67. The molecule has 1 aromatic heterocycles. The maximum absolute atomic E-state index is 6.79. The van der Waals surface area contributed by atoms with E-state index < -0.39 is 0 Å². The van der Waals surface area contributed by atoms with E-state index in [1.165, 1.54) is 0 Å². The van der Waals surface area contributed by atoms with Crippen LogP contribution in [0, 0.1) is 6.57 Å². The maximum Gasteiger partial charge on any atom is 0.187 e. The topological polar surface area (TPSA) is 22.2 Å². The third-order valence-electron chi connectivity index (χ3n) is 1.78. The molecule has 0 saturated heterocycles. The zero-order valence-corrected chi connectivity index (χ0v) is 6.88. The molecule has 62 valence electrons. The average molecular weight is 169 g/mol. The highest BCUT2D eigenvalue weighted by Gasteiger charge is 1.94. The summed E-state index contributed by atoms with van der Waals surface area (Å²) in [7, 11) is 0. The summed E-state index contributed by atoms with van der Waals surface area (Å²) >= 11 is 0. The Balaban J connectivity index is 2.40. The van der Waals surface area contributed by atoms with Gasteiger partial charge in [0.1, 0.15) is 0 Å². The van der Waals surface area contributed by atoms with E-state index in [0.29, 0.717) is 5.69 Å². The van der Waals surface area contributed by atoms with Gasteiger partial charge in [0.05, 0.1) is 12.9 Å². The normalized spacial score (nSPS) is 9.46. The molecule has 0 fully saturated rings. The second-order valence-corrected chi connectivity index (χ2v) is 2.60. The lowest BCUT2D eigenvalue weighted by molar-refractivity contribution is 1.06. The first-order valence-corrected chi connectivity index (χ1v) is 3.86. The Labute approximate surface area is 76.1 Å². The molecular weight excluding hydrogens is 162 g/mol. The van der Waals surface area contributed by atoms with Gasteiger partial charge in [0.2, 0.25) is 0 Å². The Morgan fingerprint density at radius 3 is 2.54 bits per heavy atom. The second kappa shape index (κ2) is 3.11. The van der Waals surface area contributed by atoms with Gasteiger partial charge in [-0.05, 0) is 12.1 Å². The molecule has 1 aromatic carbocycles. The second-order valence-electron chi connectivity index (χ2n) is 2.60. The quantitative estimate of drug-likeness (QED) is 0.601. The van der Waals surface area contributed by atoms with Gasteiger partial charge in [-0.25, -0.2) is 9.83 Å². The highest BCUT2D eigenvalue weighted by atomic mass is 15.0. The van der Waals surface area contributed by atoms with Gasteiger partial charge in [-0.2, -0.15) is 0 Å². The molecule has 0 radical (unpaired) electrons. The van der Waals surface area contributed by atoms with Crippen molar-refractivity contribution in [2.24, 2.45) is 0 Å². The van der Waals surface area contributed by atoms with Crippen molar-refractivity contribution < 1.29 is 0 Å². The van der Waals surface area contributed by atoms with Crippen LogP contribution in [0.15, 0.2) is 43.0 Å². The molecule has 3 heteroatoms. The minimum Gasteiger partial charge on any atom is -0.306 e. The lowest BCUT2D eigenvalue weighted by atomic mass is 10.3. The molecule has 0 spiro atoms. The van der Waals surface area contributed by atoms with Crippen LogP contribution in [-0.2, 0) is 0 Å². The van der Waals surface area contributed by atoms with Gasteiger partial charge in [0, 0.05) is 18.1 Å². The SMILES string of the molecule is [C-]#[N+]c1ccc(-n2ccnc2)cc1. The van der Waals surface area contributed by atoms with E-state index in [1.54, 1.807) is 24.7 Å². The molecule has 0 aliphatic heterocycles. The molecule has 2 rings (SSSR count). The molecule has 0 aliphatic rings. The molecule has 0 bridgehead atoms. The minimum atomic E-state index is 0.656. The summed E-state index contributed by atoms with van der Waals surface area (Å²) in [6, 6.07) is 7.38. The van der Waals surface area contributed by atoms with Crippen LogP contribution in [0.4, 0.5) is 5.69 Å². The van der Waals surface area contributed by atoms with E-state index in [9.17, 15) is 0 Å². The Kier molecular flexibility index (Phi) is 1.81. The Hall–Kier alpha value is -2.08. The molecule has 1 heterocycles. The largest absolute Gasteiger partial charge is 0.306 e. The molecule has 0 saturated carbocycles. The Morgan fingerprint density at radius 1 is 1.23 bits per heavy atom. The van der Waals surface area contributed by atoms with E-state index >= 15 is 0 Å². The molecule has 0 unspecified atom stereocenters. The predicted molar refractivity (Wildman–Crippen MR) is 49.8 cm³/mol. The zero-order valence-electron chi connectivity index (χ0n) is 6.88. The maximum atomic E-state index is 6.79. The van der Waals surface area contributed by atoms with Crippen LogP contribution in [0.2, 0.25) is 0 Å². The summed E-state index contributed by atoms with van der Waals surface area (Å²) in [5.74, 6) is 0. The summed E-state index contributed by atoms with van der Waals surface area (Å²) in [6.45, 7) is 6.79. The van der Waals surface area contributed by atoms with Crippen molar-refractivity contribution in [1.29, 1.82) is 0 Å². The number of aromatic nitrogens is 2. The fourth-order valence-corrected chi connectivity index (χ4v) is 1.11. The molecule has 0 amide bonds. The third-order valence-corrected chi connectivity index (χ3v) is 1.78. The standard InChI is InChI=1S/C10H7N3/c1-11-9-2-4-10(5-3-9)13-7-6-12-8-13/h2-8H. The van der Waals surface area contributed by atoms with Crippen LogP contribution >= 0.6 is 0 Å². The van der Waals surface area contributed by atoms with E-state index in [2.05, 4.69) is 9.83 Å². The van der Waals surface area contributed by atoms with Crippen molar-refractivity contribution in [3.8, 4) is 5.69 Å². The summed E-state index contributed by atoms with van der Waals surface area (Å²) in [4.78, 5) is 7.26. The van der Waals surface area contributed by atoms with Crippen LogP contribution < -0.4 is 0 Å². The number of imidazole rings is 1. The molecule has 13 heavy (non-hydrogen) atoms. The number of benzene rings is 1. The first kappa shape index (κ1) is 7.56. The third kappa shape index (κ3) is 1.42. The van der Waals surface area contributed by atoms with Crippen molar-refractivity contribution in [1.82, 2.24) is 9.55 Å². The van der Waals surface area contributed by atoms with Crippen molar-refractivity contribution in [2.45, 2.75) is 0 Å². The van der Waals surface area contributed by atoms with E-state index in [4.69, 9.17) is 6.57 Å². The molecule has 0 atom stereocenters. The highest BCUT2D eigenvalue weighted by Crippen LogP contribution is 2.14. The predicted octanol–water partition coefficient (Wildman–Crippen LogP) is 2.42. The smallest absolute Gasteiger partial charge is 0.187 e. The van der Waals surface area contributed by atoms with Crippen LogP contribution in [0.5, 0.6) is 0 Å². The molecule has 0 aliphatic carbocycles. The van der Waals surface area contributed by atoms with E-state index in [1.807, 2.05) is 22.9 Å². The highest BCUT2D eigenvalue weighted by molar-refractivity contribution is 5.49. The molecule has 0 N–H and O–H groups in total. The fourth-order valence-electron chi connectivity index (χ4n) is 1.11. The number of hydrogen-bond acceptors (Lipinski definition) is 1. The van der Waals surface area contributed by atoms with Gasteiger partial charge in [-0.1, -0.05) is 12.1 Å². The number of nitrogens with zero attached hydrogens (tertiary/aromatic N) is 3. The summed E-state index contributed by atoms with van der Waals surface area (Å²) < 4.78 is 1.90. The van der Waals surface area contributed by atoms with E-state index in [-0.39, 0.29) is 0 Å². The average Bonchev–Trinajstić information content (AvgIpc) is 2.71. The first-order valence-electron chi connectivity index (χ1n) is 3.86. The van der Waals surface area contributed by atoms with Gasteiger partial charge in [0.25, 0.3) is 0 Å². The van der Waals surface area contributed by atoms with Crippen LogP contribution in [0.1, 0.15) is 0 Å². The van der Waals surface area contributed by atoms with E-state index in [0.717, 1.165) is 5.69 Å². The lowest BCUT2D eigenvalue weighted by Crippen LogP contribution is -1.87. The number of rotatable bonds is 1. The number of hydrogen-bond donors (Lipinski definition) is 0. The van der Waals surface area contributed by atoms with Crippen molar-refractivity contribution in [3.63, 3.8) is 0 Å². The zero-order chi connectivity index (χ0) is 9.10. The van der Waals surface area contributed by atoms with Gasteiger partial charge in [-0.3, -0.25) is 0 Å². The van der Waals surface area contributed by atoms with Crippen LogP contribution in [0.3, 0.4) is 0 Å². The molecule has 3 nitrogen and oxygen atoms in total. The molecular formula is C10H7N3. The van der Waals surface area contributed by atoms with Gasteiger partial charge < -0.3 is 4.57 Å². The van der Waals surface area contributed by atoms with Gasteiger partial charge >= 0.3 is 0 Å². The first-order chi connectivity index (χ1) is 6.40. The summed E-state index contributed by atoms with van der Waals surface area (Å²) in [6.07, 6.45) is 5.32. The lowest BCUT2D eigenvalue weighted by Gasteiger charge is -2.00. The fraction of sp³-hybridized carbons (Fsp3) is 0. The van der Waals surface area contributed by atoms with Crippen molar-refractivity contribution in [3.05, 3.63) is 54.4 Å². The Morgan fingerprint density at radius 2 is 2.00 bits per heavy atom. The van der Waals surface area contributed by atoms with Crippen LogP contribution in [-0.4, -0.2) is 9.55 Å². The monoisotopic (exact) mass is 169 g/mol. The molecule has 2 aromatic rings. The Bertz CT molecular complexity index is 420. The van der Waals surface area contributed by atoms with Gasteiger partial charge in [-0.15, -0.1) is 0 Å². The van der Waals surface area contributed by atoms with Gasteiger partial charge in [0.15, 0.2) is 5.69 Å².